The van der Waals surface area contributed by atoms with Crippen LogP contribution in [0.4, 0.5) is 5.82 Å². The van der Waals surface area contributed by atoms with Crippen molar-refractivity contribution in [3.8, 4) is 17.1 Å². The van der Waals surface area contributed by atoms with Gasteiger partial charge in [0, 0.05) is 20.3 Å². The number of anilines is 1. The third-order valence-electron chi connectivity index (χ3n) is 2.31. The van der Waals surface area contributed by atoms with Gasteiger partial charge in [-0.15, -0.1) is 0 Å². The molecule has 0 atom stereocenters. The smallest absolute Gasteiger partial charge is 0.189 e. The number of hydrogen-bond acceptors (Lipinski definition) is 5. The van der Waals surface area contributed by atoms with Crippen molar-refractivity contribution in [2.24, 2.45) is 7.05 Å². The van der Waals surface area contributed by atoms with Crippen LogP contribution < -0.4 is 10.1 Å². The van der Waals surface area contributed by atoms with E-state index in [4.69, 9.17) is 4.74 Å². The Labute approximate surface area is 93.3 Å². The number of nitrogens with one attached hydrogen (secondary N) is 1. The van der Waals surface area contributed by atoms with Crippen LogP contribution in [0, 0.1) is 0 Å². The lowest BCUT2D eigenvalue weighted by Gasteiger charge is -2.10. The number of aryl methyl sites for hydroxylation is 1. The van der Waals surface area contributed by atoms with Crippen LogP contribution in [0.25, 0.3) is 11.4 Å². The van der Waals surface area contributed by atoms with Crippen molar-refractivity contribution in [2.75, 3.05) is 19.5 Å². The third-order valence-corrected chi connectivity index (χ3v) is 2.31. The molecule has 2 aromatic rings. The zero-order valence-electron chi connectivity index (χ0n) is 9.43. The molecule has 0 aromatic carbocycles. The Bertz CT molecular complexity index is 494. The molecule has 84 valence electrons. The standard InChI is InChI=1S/C10H13N5O/c1-11-10-9(16-3)8(12-6-13-10)7-4-5-14-15(7)2/h4-6H,1-3H3,(H,11,12,13). The first kappa shape index (κ1) is 10.4. The normalized spacial score (nSPS) is 10.2. The van der Waals surface area contributed by atoms with Crippen LogP contribution >= 0.6 is 0 Å². The van der Waals surface area contributed by atoms with E-state index in [2.05, 4.69) is 20.4 Å². The first-order valence-corrected chi connectivity index (χ1v) is 4.83. The fraction of sp³-hybridized carbons (Fsp3) is 0.300. The predicted molar refractivity (Wildman–Crippen MR) is 60.3 cm³/mol. The van der Waals surface area contributed by atoms with E-state index in [0.29, 0.717) is 11.6 Å². The molecule has 2 rings (SSSR count). The summed E-state index contributed by atoms with van der Waals surface area (Å²) in [6.07, 6.45) is 3.21. The molecular weight excluding hydrogens is 206 g/mol. The molecule has 0 aliphatic heterocycles. The first-order valence-electron chi connectivity index (χ1n) is 4.83. The Morgan fingerprint density at radius 3 is 2.75 bits per heavy atom. The maximum absolute atomic E-state index is 5.32. The van der Waals surface area contributed by atoms with E-state index >= 15 is 0 Å². The van der Waals surface area contributed by atoms with Gasteiger partial charge in [0.2, 0.25) is 0 Å². The molecule has 2 aromatic heterocycles. The van der Waals surface area contributed by atoms with Gasteiger partial charge in [0.15, 0.2) is 11.6 Å². The minimum Gasteiger partial charge on any atom is -0.491 e. The van der Waals surface area contributed by atoms with Crippen molar-refractivity contribution in [1.82, 2.24) is 19.7 Å². The molecule has 0 spiro atoms. The summed E-state index contributed by atoms with van der Waals surface area (Å²) in [4.78, 5) is 8.32. The highest BCUT2D eigenvalue weighted by Crippen LogP contribution is 2.31. The highest BCUT2D eigenvalue weighted by Gasteiger charge is 2.15. The molecule has 0 radical (unpaired) electrons. The average molecular weight is 219 g/mol. The van der Waals surface area contributed by atoms with Crippen LogP contribution in [0.3, 0.4) is 0 Å². The van der Waals surface area contributed by atoms with Crippen LogP contribution in [-0.4, -0.2) is 33.9 Å². The summed E-state index contributed by atoms with van der Waals surface area (Å²) in [5, 5.41) is 7.07. The summed E-state index contributed by atoms with van der Waals surface area (Å²) in [5.74, 6) is 1.28. The second-order valence-electron chi connectivity index (χ2n) is 3.19. The summed E-state index contributed by atoms with van der Waals surface area (Å²) in [6.45, 7) is 0. The Hall–Kier alpha value is -2.11. The van der Waals surface area contributed by atoms with E-state index in [1.807, 2.05) is 13.1 Å². The van der Waals surface area contributed by atoms with E-state index in [9.17, 15) is 0 Å². The minimum atomic E-state index is 0.619. The average Bonchev–Trinajstić information content (AvgIpc) is 2.74. The highest BCUT2D eigenvalue weighted by molar-refractivity contribution is 5.70. The van der Waals surface area contributed by atoms with Gasteiger partial charge >= 0.3 is 0 Å². The van der Waals surface area contributed by atoms with E-state index < -0.39 is 0 Å². The maximum Gasteiger partial charge on any atom is 0.189 e. The largest absolute Gasteiger partial charge is 0.491 e. The van der Waals surface area contributed by atoms with Crippen LogP contribution in [0.1, 0.15) is 0 Å². The summed E-state index contributed by atoms with van der Waals surface area (Å²) >= 11 is 0. The van der Waals surface area contributed by atoms with Gasteiger partial charge in [-0.1, -0.05) is 0 Å². The number of rotatable bonds is 3. The zero-order valence-corrected chi connectivity index (χ0v) is 9.43. The number of aromatic nitrogens is 4. The van der Waals surface area contributed by atoms with Gasteiger partial charge in [0.05, 0.1) is 12.8 Å². The monoisotopic (exact) mass is 219 g/mol. The minimum absolute atomic E-state index is 0.619. The van der Waals surface area contributed by atoms with Crippen molar-refractivity contribution in [2.45, 2.75) is 0 Å². The summed E-state index contributed by atoms with van der Waals surface area (Å²) in [6, 6.07) is 1.88. The fourth-order valence-electron chi connectivity index (χ4n) is 1.53. The van der Waals surface area contributed by atoms with Crippen LogP contribution in [0.15, 0.2) is 18.6 Å². The van der Waals surface area contributed by atoms with Gasteiger partial charge in [-0.2, -0.15) is 5.10 Å². The molecule has 0 unspecified atom stereocenters. The summed E-state index contributed by atoms with van der Waals surface area (Å²) < 4.78 is 7.06. The van der Waals surface area contributed by atoms with Crippen LogP contribution in [0.5, 0.6) is 5.75 Å². The lowest BCUT2D eigenvalue weighted by atomic mass is 10.2. The van der Waals surface area contributed by atoms with Crippen LogP contribution in [0.2, 0.25) is 0 Å². The van der Waals surface area contributed by atoms with Gasteiger partial charge in [-0.25, -0.2) is 9.97 Å². The quantitative estimate of drug-likeness (QED) is 0.831. The number of ether oxygens (including phenoxy) is 1. The molecule has 0 fully saturated rings. The SMILES string of the molecule is CNc1ncnc(-c2ccnn2C)c1OC. The van der Waals surface area contributed by atoms with Crippen LogP contribution in [-0.2, 0) is 7.05 Å². The zero-order chi connectivity index (χ0) is 11.5. The Balaban J connectivity index is 2.61. The fourth-order valence-corrected chi connectivity index (χ4v) is 1.53. The number of nitrogens with zero attached hydrogens (tertiary/aromatic N) is 4. The van der Waals surface area contributed by atoms with Crippen molar-refractivity contribution < 1.29 is 4.74 Å². The lowest BCUT2D eigenvalue weighted by Crippen LogP contribution is -2.03. The first-order chi connectivity index (χ1) is 7.77. The van der Waals surface area contributed by atoms with Crippen molar-refractivity contribution in [1.29, 1.82) is 0 Å². The van der Waals surface area contributed by atoms with Crippen molar-refractivity contribution in [3.63, 3.8) is 0 Å². The topological polar surface area (TPSA) is 64.9 Å². The Kier molecular flexibility index (Phi) is 2.72. The van der Waals surface area contributed by atoms with E-state index in [-0.39, 0.29) is 0 Å². The van der Waals surface area contributed by atoms with E-state index in [1.54, 1.807) is 25.0 Å². The van der Waals surface area contributed by atoms with Gasteiger partial charge in [-0.05, 0) is 6.07 Å². The van der Waals surface area contributed by atoms with Gasteiger partial charge < -0.3 is 10.1 Å². The molecular formula is C10H13N5O. The molecule has 0 saturated carbocycles. The number of methoxy groups -OCH3 is 1. The third kappa shape index (κ3) is 1.58. The second kappa shape index (κ2) is 4.18. The van der Waals surface area contributed by atoms with Gasteiger partial charge in [0.25, 0.3) is 0 Å². The summed E-state index contributed by atoms with van der Waals surface area (Å²) in [5.41, 5.74) is 1.61. The lowest BCUT2D eigenvalue weighted by molar-refractivity contribution is 0.414. The molecule has 6 nitrogen and oxygen atoms in total. The van der Waals surface area contributed by atoms with Gasteiger partial charge in [-0.3, -0.25) is 4.68 Å². The number of hydrogen-bond donors (Lipinski definition) is 1. The molecule has 1 N–H and O–H groups in total. The highest BCUT2D eigenvalue weighted by atomic mass is 16.5. The Morgan fingerprint density at radius 2 is 2.19 bits per heavy atom. The van der Waals surface area contributed by atoms with Crippen molar-refractivity contribution in [3.05, 3.63) is 18.6 Å². The van der Waals surface area contributed by atoms with Crippen molar-refractivity contribution >= 4 is 5.82 Å². The maximum atomic E-state index is 5.32. The Morgan fingerprint density at radius 1 is 1.38 bits per heavy atom. The molecule has 6 heteroatoms. The molecule has 0 aliphatic rings. The molecule has 0 aliphatic carbocycles. The molecule has 0 saturated heterocycles. The van der Waals surface area contributed by atoms with E-state index in [0.717, 1.165) is 11.4 Å². The molecule has 0 bridgehead atoms. The molecule has 2 heterocycles. The second-order valence-corrected chi connectivity index (χ2v) is 3.19. The summed E-state index contributed by atoms with van der Waals surface area (Å²) in [7, 11) is 5.24. The predicted octanol–water partition coefficient (Wildman–Crippen LogP) is 0.927. The molecule has 16 heavy (non-hydrogen) atoms. The molecule has 0 amide bonds. The van der Waals surface area contributed by atoms with E-state index in [1.165, 1.54) is 6.33 Å². The van der Waals surface area contributed by atoms with Gasteiger partial charge in [0.1, 0.15) is 12.0 Å².